The topological polar surface area (TPSA) is 104 Å². The van der Waals surface area contributed by atoms with Crippen LogP contribution < -0.4 is 5.32 Å². The van der Waals surface area contributed by atoms with Crippen LogP contribution in [0.4, 0.5) is 5.95 Å². The van der Waals surface area contributed by atoms with E-state index in [-0.39, 0.29) is 22.4 Å². The Balaban J connectivity index is 1.90. The van der Waals surface area contributed by atoms with Gasteiger partial charge in [0.25, 0.3) is 5.91 Å². The summed E-state index contributed by atoms with van der Waals surface area (Å²) < 4.78 is 0.654. The monoisotopic (exact) mass is 415 g/mol. The van der Waals surface area contributed by atoms with Crippen molar-refractivity contribution in [3.8, 4) is 5.75 Å². The van der Waals surface area contributed by atoms with Crippen LogP contribution in [-0.2, 0) is 0 Å². The molecule has 3 aromatic rings. The minimum absolute atomic E-state index is 0.0324. The van der Waals surface area contributed by atoms with Gasteiger partial charge < -0.3 is 10.1 Å². The summed E-state index contributed by atoms with van der Waals surface area (Å²) in [6.07, 6.45) is 1.44. The Kier molecular flexibility index (Phi) is 3.64. The molecule has 9 heteroatoms. The van der Waals surface area contributed by atoms with Gasteiger partial charge in [-0.05, 0) is 40.8 Å². The van der Waals surface area contributed by atoms with Crippen molar-refractivity contribution in [2.75, 3.05) is 5.32 Å². The molecule has 21 heavy (non-hydrogen) atoms. The molecule has 7 nitrogen and oxygen atoms in total. The summed E-state index contributed by atoms with van der Waals surface area (Å²) in [5.74, 6) is -0.375. The third kappa shape index (κ3) is 2.76. The molecule has 0 fully saturated rings. The lowest BCUT2D eigenvalue weighted by Gasteiger charge is -2.05. The first-order chi connectivity index (χ1) is 10.0. The Labute approximate surface area is 136 Å². The van der Waals surface area contributed by atoms with Crippen molar-refractivity contribution in [3.63, 3.8) is 0 Å². The highest BCUT2D eigenvalue weighted by Crippen LogP contribution is 2.22. The highest BCUT2D eigenvalue weighted by atomic mass is 127. The molecule has 0 bridgehead atoms. The van der Waals surface area contributed by atoms with Gasteiger partial charge in [-0.15, -0.1) is 0 Å². The van der Waals surface area contributed by atoms with Gasteiger partial charge in [-0.1, -0.05) is 11.6 Å². The summed E-state index contributed by atoms with van der Waals surface area (Å²) in [5.41, 5.74) is 1.15. The molecule has 3 N–H and O–H groups in total. The Bertz CT molecular complexity index is 851. The summed E-state index contributed by atoms with van der Waals surface area (Å²) in [6, 6.07) is 4.59. The number of amides is 1. The van der Waals surface area contributed by atoms with Crippen LogP contribution >= 0.6 is 34.2 Å². The first-order valence-corrected chi connectivity index (χ1v) is 7.17. The van der Waals surface area contributed by atoms with E-state index in [0.29, 0.717) is 14.7 Å². The van der Waals surface area contributed by atoms with Crippen LogP contribution in [0, 0.1) is 3.57 Å². The second kappa shape index (κ2) is 5.45. The molecule has 2 heterocycles. The Hall–Kier alpha value is -1.94. The number of aromatic amines is 1. The number of aromatic hydroxyl groups is 1. The number of anilines is 1. The number of benzene rings is 1. The number of hydrogen-bond donors (Lipinski definition) is 3. The van der Waals surface area contributed by atoms with Crippen LogP contribution in [-0.4, -0.2) is 30.9 Å². The number of hydrogen-bond acceptors (Lipinski definition) is 5. The average Bonchev–Trinajstić information content (AvgIpc) is 2.90. The maximum absolute atomic E-state index is 12.1. The second-order valence-corrected chi connectivity index (χ2v) is 5.58. The van der Waals surface area contributed by atoms with E-state index < -0.39 is 5.91 Å². The maximum Gasteiger partial charge on any atom is 0.258 e. The summed E-state index contributed by atoms with van der Waals surface area (Å²) >= 11 is 7.93. The van der Waals surface area contributed by atoms with E-state index >= 15 is 0 Å². The number of halogens is 2. The van der Waals surface area contributed by atoms with E-state index in [0.717, 1.165) is 0 Å². The molecule has 1 aromatic carbocycles. The molecule has 3 rings (SSSR count). The van der Waals surface area contributed by atoms with E-state index in [1.54, 1.807) is 12.1 Å². The van der Waals surface area contributed by atoms with Gasteiger partial charge in [0.05, 0.1) is 9.90 Å². The zero-order chi connectivity index (χ0) is 15.0. The lowest BCUT2D eigenvalue weighted by atomic mass is 10.2. The van der Waals surface area contributed by atoms with E-state index in [1.165, 1.54) is 12.4 Å². The van der Waals surface area contributed by atoms with Crippen LogP contribution in [0.5, 0.6) is 5.75 Å². The number of carbonyl (C=O) groups is 1. The third-order valence-corrected chi connectivity index (χ3v) is 3.86. The lowest BCUT2D eigenvalue weighted by Crippen LogP contribution is -2.14. The molecule has 0 spiro atoms. The molecule has 0 atom stereocenters. The van der Waals surface area contributed by atoms with Crippen LogP contribution in [0.25, 0.3) is 11.2 Å². The van der Waals surface area contributed by atoms with Gasteiger partial charge in [-0.25, -0.2) is 4.98 Å². The normalized spacial score (nSPS) is 10.8. The van der Waals surface area contributed by atoms with Crippen LogP contribution in [0.15, 0.2) is 24.5 Å². The number of H-pyrrole nitrogens is 1. The zero-order valence-electron chi connectivity index (χ0n) is 10.3. The van der Waals surface area contributed by atoms with E-state index in [2.05, 4.69) is 25.3 Å². The predicted octanol–water partition coefficient (Wildman–Crippen LogP) is 2.57. The minimum Gasteiger partial charge on any atom is -0.507 e. The Morgan fingerprint density at radius 3 is 2.95 bits per heavy atom. The number of imidazole rings is 1. The number of phenolic OH excluding ortho intramolecular Hbond substituents is 1. The maximum atomic E-state index is 12.1. The van der Waals surface area contributed by atoms with E-state index in [9.17, 15) is 9.90 Å². The zero-order valence-corrected chi connectivity index (χ0v) is 13.2. The molecule has 0 unspecified atom stereocenters. The van der Waals surface area contributed by atoms with Crippen LogP contribution in [0.3, 0.4) is 0 Å². The number of aromatic nitrogens is 4. The number of rotatable bonds is 2. The largest absolute Gasteiger partial charge is 0.507 e. The van der Waals surface area contributed by atoms with Crippen molar-refractivity contribution in [3.05, 3.63) is 38.8 Å². The second-order valence-electron chi connectivity index (χ2n) is 4.06. The molecule has 0 aliphatic heterocycles. The average molecular weight is 416 g/mol. The van der Waals surface area contributed by atoms with Crippen LogP contribution in [0.1, 0.15) is 10.4 Å². The predicted molar refractivity (Wildman–Crippen MR) is 85.5 cm³/mol. The van der Waals surface area contributed by atoms with Crippen molar-refractivity contribution < 1.29 is 9.90 Å². The lowest BCUT2D eigenvalue weighted by molar-refractivity contribution is 0.102. The van der Waals surface area contributed by atoms with E-state index in [4.69, 9.17) is 11.6 Å². The highest BCUT2D eigenvalue weighted by Gasteiger charge is 2.13. The molecule has 1 amide bonds. The SMILES string of the molecule is O=C(Nc1nc(Cl)c2[nH]cnc2n1)c1ccc(I)c(O)c1. The first-order valence-electron chi connectivity index (χ1n) is 5.71. The van der Waals surface area contributed by atoms with Gasteiger partial charge in [-0.3, -0.25) is 10.1 Å². The summed E-state index contributed by atoms with van der Waals surface area (Å²) in [7, 11) is 0. The minimum atomic E-state index is -0.451. The molecular weight excluding hydrogens is 409 g/mol. The van der Waals surface area contributed by atoms with Gasteiger partial charge in [0.2, 0.25) is 5.95 Å². The number of fused-ring (bicyclic) bond motifs is 1. The Morgan fingerprint density at radius 1 is 1.38 bits per heavy atom. The van der Waals surface area contributed by atoms with Crippen molar-refractivity contribution in [1.82, 2.24) is 19.9 Å². The summed E-state index contributed by atoms with van der Waals surface area (Å²) in [4.78, 5) is 26.9. The third-order valence-electron chi connectivity index (χ3n) is 2.68. The molecular formula is C12H7ClIN5O2. The molecule has 0 saturated heterocycles. The number of carbonyl (C=O) groups excluding carboxylic acids is 1. The molecule has 0 aliphatic rings. The number of phenols is 1. The first kappa shape index (κ1) is 14.0. The van der Waals surface area contributed by atoms with Crippen molar-refractivity contribution in [1.29, 1.82) is 0 Å². The quantitative estimate of drug-likeness (QED) is 0.441. The van der Waals surface area contributed by atoms with Gasteiger partial charge in [0, 0.05) is 5.56 Å². The Morgan fingerprint density at radius 2 is 2.19 bits per heavy atom. The van der Waals surface area contributed by atoms with Crippen molar-refractivity contribution in [2.45, 2.75) is 0 Å². The fraction of sp³-hybridized carbons (Fsp3) is 0. The fourth-order valence-corrected chi connectivity index (χ4v) is 2.24. The highest BCUT2D eigenvalue weighted by molar-refractivity contribution is 14.1. The molecule has 106 valence electrons. The standard InChI is InChI=1S/C12H7ClIN5O2/c13-9-8-10(16-4-15-8)18-12(17-9)19-11(21)5-1-2-6(14)7(20)3-5/h1-4,20H,(H2,15,16,17,18,19,21). The number of nitrogens with zero attached hydrogens (tertiary/aromatic N) is 3. The van der Waals surface area contributed by atoms with Crippen molar-refractivity contribution in [2.24, 2.45) is 0 Å². The van der Waals surface area contributed by atoms with Gasteiger partial charge in [-0.2, -0.15) is 9.97 Å². The molecule has 0 aliphatic carbocycles. The van der Waals surface area contributed by atoms with Gasteiger partial charge in [0.1, 0.15) is 11.3 Å². The van der Waals surface area contributed by atoms with Gasteiger partial charge >= 0.3 is 0 Å². The summed E-state index contributed by atoms with van der Waals surface area (Å²) in [6.45, 7) is 0. The van der Waals surface area contributed by atoms with Crippen LogP contribution in [0.2, 0.25) is 5.15 Å². The molecule has 0 saturated carbocycles. The fourth-order valence-electron chi connectivity index (χ4n) is 1.68. The molecule has 0 radical (unpaired) electrons. The van der Waals surface area contributed by atoms with Gasteiger partial charge in [0.15, 0.2) is 10.8 Å². The summed E-state index contributed by atoms with van der Waals surface area (Å²) in [5, 5.41) is 12.3. The number of nitrogens with one attached hydrogen (secondary N) is 2. The van der Waals surface area contributed by atoms with E-state index in [1.807, 2.05) is 22.6 Å². The smallest absolute Gasteiger partial charge is 0.258 e. The molecule has 2 aromatic heterocycles. The van der Waals surface area contributed by atoms with Crippen molar-refractivity contribution >= 4 is 57.2 Å².